The molecule has 3 heteroatoms. The topological polar surface area (TPSA) is 24.9 Å². The summed E-state index contributed by atoms with van der Waals surface area (Å²) in [5.41, 5.74) is 3.12. The Morgan fingerprint density at radius 3 is 2.65 bits per heavy atom. The number of fused-ring (bicyclic) bond motifs is 1. The van der Waals surface area contributed by atoms with E-state index in [0.29, 0.717) is 5.39 Å². The van der Waals surface area contributed by atoms with Crippen LogP contribution in [0, 0.1) is 5.82 Å². The molecule has 0 aliphatic carbocycles. The van der Waals surface area contributed by atoms with Gasteiger partial charge in [0.15, 0.2) is 0 Å². The molecular formula is C17H15FN2. The lowest BCUT2D eigenvalue weighted by molar-refractivity contribution is 0.640. The van der Waals surface area contributed by atoms with Gasteiger partial charge < -0.3 is 5.32 Å². The highest BCUT2D eigenvalue weighted by Gasteiger charge is 2.08. The number of rotatable bonds is 3. The first-order valence-corrected chi connectivity index (χ1v) is 6.56. The summed E-state index contributed by atoms with van der Waals surface area (Å²) >= 11 is 0. The third-order valence-corrected chi connectivity index (χ3v) is 3.36. The maximum Gasteiger partial charge on any atom is 0.131 e. The van der Waals surface area contributed by atoms with Crippen molar-refractivity contribution in [2.75, 3.05) is 7.05 Å². The number of hydrogen-bond acceptors (Lipinski definition) is 2. The summed E-state index contributed by atoms with van der Waals surface area (Å²) in [7, 11) is 1.90. The van der Waals surface area contributed by atoms with E-state index in [-0.39, 0.29) is 5.82 Å². The summed E-state index contributed by atoms with van der Waals surface area (Å²) < 4.78 is 13.9. The van der Waals surface area contributed by atoms with Crippen molar-refractivity contribution in [3.8, 4) is 11.1 Å². The molecule has 0 amide bonds. The minimum absolute atomic E-state index is 0.191. The summed E-state index contributed by atoms with van der Waals surface area (Å²) in [6.07, 6.45) is 3.66. The minimum atomic E-state index is -0.191. The van der Waals surface area contributed by atoms with Crippen LogP contribution in [0.2, 0.25) is 0 Å². The fourth-order valence-corrected chi connectivity index (χ4v) is 2.45. The quantitative estimate of drug-likeness (QED) is 0.780. The predicted octanol–water partition coefficient (Wildman–Crippen LogP) is 3.76. The monoisotopic (exact) mass is 266 g/mol. The summed E-state index contributed by atoms with van der Waals surface area (Å²) in [4.78, 5) is 4.28. The van der Waals surface area contributed by atoms with Crippen LogP contribution >= 0.6 is 0 Å². The van der Waals surface area contributed by atoms with Crippen molar-refractivity contribution in [2.45, 2.75) is 6.54 Å². The standard InChI is InChI=1S/C17H15FN2/c1-19-9-12-8-13(11-20-10-12)14-6-7-17(18)16-5-3-2-4-15(14)16/h2-8,10-11,19H,9H2,1H3. The van der Waals surface area contributed by atoms with Gasteiger partial charge in [-0.05, 0) is 35.7 Å². The maximum atomic E-state index is 13.9. The lowest BCUT2D eigenvalue weighted by Crippen LogP contribution is -2.05. The Morgan fingerprint density at radius 2 is 1.85 bits per heavy atom. The van der Waals surface area contributed by atoms with E-state index in [9.17, 15) is 4.39 Å². The Hall–Kier alpha value is -2.26. The fraction of sp³-hybridized carbons (Fsp3) is 0.118. The highest BCUT2D eigenvalue weighted by atomic mass is 19.1. The van der Waals surface area contributed by atoms with Crippen LogP contribution < -0.4 is 5.32 Å². The van der Waals surface area contributed by atoms with Crippen molar-refractivity contribution in [1.82, 2.24) is 10.3 Å². The summed E-state index contributed by atoms with van der Waals surface area (Å²) in [5.74, 6) is -0.191. The molecule has 0 aliphatic rings. The van der Waals surface area contributed by atoms with Crippen molar-refractivity contribution in [2.24, 2.45) is 0 Å². The van der Waals surface area contributed by atoms with Crippen molar-refractivity contribution in [3.05, 3.63) is 66.2 Å². The van der Waals surface area contributed by atoms with E-state index in [1.54, 1.807) is 6.07 Å². The number of aromatic nitrogens is 1. The molecule has 1 N–H and O–H groups in total. The van der Waals surface area contributed by atoms with Crippen LogP contribution in [0.3, 0.4) is 0 Å². The van der Waals surface area contributed by atoms with Crippen molar-refractivity contribution < 1.29 is 4.39 Å². The number of hydrogen-bond donors (Lipinski definition) is 1. The van der Waals surface area contributed by atoms with Crippen LogP contribution in [0.15, 0.2) is 54.9 Å². The molecule has 0 spiro atoms. The Labute approximate surface area is 117 Å². The van der Waals surface area contributed by atoms with Crippen LogP contribution in [-0.4, -0.2) is 12.0 Å². The first-order valence-electron chi connectivity index (χ1n) is 6.56. The molecule has 3 aromatic rings. The first-order chi connectivity index (χ1) is 9.79. The molecule has 1 heterocycles. The van der Waals surface area contributed by atoms with Gasteiger partial charge in [-0.2, -0.15) is 0 Å². The zero-order chi connectivity index (χ0) is 13.9. The Balaban J connectivity index is 2.19. The second-order valence-corrected chi connectivity index (χ2v) is 4.75. The SMILES string of the molecule is CNCc1cncc(-c2ccc(F)c3ccccc23)c1. The third-order valence-electron chi connectivity index (χ3n) is 3.36. The zero-order valence-electron chi connectivity index (χ0n) is 11.2. The zero-order valence-corrected chi connectivity index (χ0v) is 11.2. The molecule has 0 saturated carbocycles. The van der Waals surface area contributed by atoms with Gasteiger partial charge in [0.25, 0.3) is 0 Å². The molecule has 0 bridgehead atoms. The summed E-state index contributed by atoms with van der Waals surface area (Å²) in [6, 6.07) is 12.9. The average molecular weight is 266 g/mol. The van der Waals surface area contributed by atoms with Gasteiger partial charge in [0.1, 0.15) is 5.82 Å². The third kappa shape index (κ3) is 2.28. The molecule has 3 rings (SSSR count). The Kier molecular flexibility index (Phi) is 3.44. The van der Waals surface area contributed by atoms with Gasteiger partial charge in [0, 0.05) is 29.9 Å². The van der Waals surface area contributed by atoms with Crippen molar-refractivity contribution >= 4 is 10.8 Å². The van der Waals surface area contributed by atoms with Crippen molar-refractivity contribution in [1.29, 1.82) is 0 Å². The number of pyridine rings is 1. The normalized spacial score (nSPS) is 10.9. The van der Waals surface area contributed by atoms with Gasteiger partial charge >= 0.3 is 0 Å². The summed E-state index contributed by atoms with van der Waals surface area (Å²) in [5, 5.41) is 4.66. The second kappa shape index (κ2) is 5.39. The van der Waals surface area contributed by atoms with Gasteiger partial charge in [0.05, 0.1) is 0 Å². The number of halogens is 1. The number of nitrogens with one attached hydrogen (secondary N) is 1. The van der Waals surface area contributed by atoms with E-state index in [2.05, 4.69) is 16.4 Å². The predicted molar refractivity (Wildman–Crippen MR) is 79.9 cm³/mol. The van der Waals surface area contributed by atoms with E-state index in [0.717, 1.165) is 28.6 Å². The van der Waals surface area contributed by atoms with Gasteiger partial charge in [-0.1, -0.05) is 30.3 Å². The lowest BCUT2D eigenvalue weighted by atomic mass is 9.98. The molecule has 0 aliphatic heterocycles. The van der Waals surface area contributed by atoms with E-state index in [1.807, 2.05) is 43.7 Å². The van der Waals surface area contributed by atoms with Gasteiger partial charge in [0.2, 0.25) is 0 Å². The molecule has 2 aromatic carbocycles. The molecule has 20 heavy (non-hydrogen) atoms. The van der Waals surface area contributed by atoms with Crippen molar-refractivity contribution in [3.63, 3.8) is 0 Å². The average Bonchev–Trinajstić information content (AvgIpc) is 2.49. The van der Waals surface area contributed by atoms with Crippen LogP contribution in [0.4, 0.5) is 4.39 Å². The molecule has 0 saturated heterocycles. The van der Waals surface area contributed by atoms with Gasteiger partial charge in [-0.15, -0.1) is 0 Å². The molecule has 0 fully saturated rings. The maximum absolute atomic E-state index is 13.9. The first kappa shape index (κ1) is 12.8. The Morgan fingerprint density at radius 1 is 1.05 bits per heavy atom. The highest BCUT2D eigenvalue weighted by Crippen LogP contribution is 2.30. The second-order valence-electron chi connectivity index (χ2n) is 4.75. The van der Waals surface area contributed by atoms with E-state index < -0.39 is 0 Å². The molecular weight excluding hydrogens is 251 g/mol. The molecule has 100 valence electrons. The summed E-state index contributed by atoms with van der Waals surface area (Å²) in [6.45, 7) is 0.764. The van der Waals surface area contributed by atoms with Crippen LogP contribution in [0.25, 0.3) is 21.9 Å². The number of nitrogens with zero attached hydrogens (tertiary/aromatic N) is 1. The van der Waals surface area contributed by atoms with E-state index in [4.69, 9.17) is 0 Å². The lowest BCUT2D eigenvalue weighted by Gasteiger charge is -2.09. The van der Waals surface area contributed by atoms with Gasteiger partial charge in [-0.3, -0.25) is 4.98 Å². The highest BCUT2D eigenvalue weighted by molar-refractivity contribution is 5.96. The Bertz CT molecular complexity index is 753. The van der Waals surface area contributed by atoms with Gasteiger partial charge in [-0.25, -0.2) is 4.39 Å². The fourth-order valence-electron chi connectivity index (χ4n) is 2.45. The molecule has 0 unspecified atom stereocenters. The van der Waals surface area contributed by atoms with Crippen LogP contribution in [0.5, 0.6) is 0 Å². The van der Waals surface area contributed by atoms with Crippen LogP contribution in [-0.2, 0) is 6.54 Å². The van der Waals surface area contributed by atoms with E-state index >= 15 is 0 Å². The van der Waals surface area contributed by atoms with E-state index in [1.165, 1.54) is 6.07 Å². The molecule has 0 atom stereocenters. The molecule has 1 aromatic heterocycles. The minimum Gasteiger partial charge on any atom is -0.316 e. The largest absolute Gasteiger partial charge is 0.316 e. The molecule has 0 radical (unpaired) electrons. The molecule has 2 nitrogen and oxygen atoms in total. The number of benzene rings is 2. The smallest absolute Gasteiger partial charge is 0.131 e. The van der Waals surface area contributed by atoms with Crippen LogP contribution in [0.1, 0.15) is 5.56 Å².